The van der Waals surface area contributed by atoms with Crippen LogP contribution in [0.2, 0.25) is 0 Å². The number of nitrogens with two attached hydrogens (primary N) is 1. The van der Waals surface area contributed by atoms with E-state index in [4.69, 9.17) is 5.73 Å². The van der Waals surface area contributed by atoms with Gasteiger partial charge in [0, 0.05) is 19.1 Å². The van der Waals surface area contributed by atoms with Crippen molar-refractivity contribution in [2.24, 2.45) is 17.6 Å². The molecule has 2 N–H and O–H groups in total. The van der Waals surface area contributed by atoms with Gasteiger partial charge in [0.1, 0.15) is 12.1 Å². The third-order valence-corrected chi connectivity index (χ3v) is 5.98. The molecule has 1 saturated heterocycles. The number of anilines is 1. The molecule has 106 valence electrons. The molecular weight excluding hydrogens is 268 g/mol. The van der Waals surface area contributed by atoms with Crippen LogP contribution in [-0.4, -0.2) is 29.1 Å². The molecule has 4 rings (SSSR count). The van der Waals surface area contributed by atoms with E-state index < -0.39 is 0 Å². The molecule has 1 unspecified atom stereocenters. The van der Waals surface area contributed by atoms with Crippen molar-refractivity contribution in [3.63, 3.8) is 0 Å². The van der Waals surface area contributed by atoms with Gasteiger partial charge >= 0.3 is 0 Å². The highest BCUT2D eigenvalue weighted by Gasteiger charge is 2.37. The predicted molar refractivity (Wildman–Crippen MR) is 83.2 cm³/mol. The standard InChI is InChI=1S/C15H20N4S/c1-9-7-20-14-13(9)17-8-18-15(14)19-5-10-2-3-12(16)4-11(10)6-19/h7-8,10-12H,2-6,16H2,1H3/t10-,11+,12?/m1/s1. The Balaban J connectivity index is 1.67. The number of rotatable bonds is 1. The summed E-state index contributed by atoms with van der Waals surface area (Å²) in [5, 5.41) is 2.18. The molecule has 3 heterocycles. The molecule has 1 aliphatic carbocycles. The van der Waals surface area contributed by atoms with Gasteiger partial charge in [0.15, 0.2) is 0 Å². The minimum Gasteiger partial charge on any atom is -0.355 e. The quantitative estimate of drug-likeness (QED) is 0.876. The molecular formula is C15H20N4S. The highest BCUT2D eigenvalue weighted by Crippen LogP contribution is 2.40. The van der Waals surface area contributed by atoms with Gasteiger partial charge in [0.2, 0.25) is 0 Å². The van der Waals surface area contributed by atoms with Crippen molar-refractivity contribution in [3.05, 3.63) is 17.3 Å². The van der Waals surface area contributed by atoms with E-state index >= 15 is 0 Å². The summed E-state index contributed by atoms with van der Waals surface area (Å²) in [5.41, 5.74) is 8.50. The predicted octanol–water partition coefficient (Wildman–Crippen LogP) is 2.56. The molecule has 2 aromatic heterocycles. The molecule has 2 fully saturated rings. The fraction of sp³-hybridized carbons (Fsp3) is 0.600. The lowest BCUT2D eigenvalue weighted by Crippen LogP contribution is -2.32. The molecule has 2 aliphatic rings. The van der Waals surface area contributed by atoms with Crippen LogP contribution in [0.3, 0.4) is 0 Å². The van der Waals surface area contributed by atoms with Gasteiger partial charge in [-0.3, -0.25) is 0 Å². The summed E-state index contributed by atoms with van der Waals surface area (Å²) in [6.07, 6.45) is 5.36. The number of hydrogen-bond acceptors (Lipinski definition) is 5. The van der Waals surface area contributed by atoms with Gasteiger partial charge < -0.3 is 10.6 Å². The van der Waals surface area contributed by atoms with Gasteiger partial charge in [-0.05, 0) is 49.0 Å². The highest BCUT2D eigenvalue weighted by molar-refractivity contribution is 7.18. The van der Waals surface area contributed by atoms with E-state index in [1.165, 1.54) is 29.5 Å². The molecule has 4 nitrogen and oxygen atoms in total. The number of fused-ring (bicyclic) bond motifs is 2. The zero-order chi connectivity index (χ0) is 13.7. The van der Waals surface area contributed by atoms with Crippen LogP contribution in [-0.2, 0) is 0 Å². The van der Waals surface area contributed by atoms with Gasteiger partial charge in [-0.25, -0.2) is 9.97 Å². The van der Waals surface area contributed by atoms with Crippen LogP contribution in [0, 0.1) is 18.8 Å². The van der Waals surface area contributed by atoms with Crippen LogP contribution in [0.25, 0.3) is 10.2 Å². The fourth-order valence-electron chi connectivity index (χ4n) is 3.82. The molecule has 0 amide bonds. The first kappa shape index (κ1) is 12.5. The zero-order valence-corrected chi connectivity index (χ0v) is 12.6. The number of nitrogens with zero attached hydrogens (tertiary/aromatic N) is 3. The molecule has 2 aromatic rings. The summed E-state index contributed by atoms with van der Waals surface area (Å²) >= 11 is 1.77. The average molecular weight is 288 g/mol. The second kappa shape index (κ2) is 4.67. The van der Waals surface area contributed by atoms with Crippen molar-refractivity contribution in [2.75, 3.05) is 18.0 Å². The third-order valence-electron chi connectivity index (χ3n) is 4.90. The second-order valence-corrected chi connectivity index (χ2v) is 7.17. The van der Waals surface area contributed by atoms with Crippen molar-refractivity contribution in [1.29, 1.82) is 0 Å². The summed E-state index contributed by atoms with van der Waals surface area (Å²) in [4.78, 5) is 11.5. The molecule has 3 atom stereocenters. The maximum Gasteiger partial charge on any atom is 0.150 e. The lowest BCUT2D eigenvalue weighted by atomic mass is 9.79. The van der Waals surface area contributed by atoms with Gasteiger partial charge in [0.25, 0.3) is 0 Å². The average Bonchev–Trinajstić information content (AvgIpc) is 3.02. The number of aryl methyl sites for hydroxylation is 1. The van der Waals surface area contributed by atoms with Crippen LogP contribution in [0.5, 0.6) is 0 Å². The Morgan fingerprint density at radius 2 is 2.10 bits per heavy atom. The molecule has 0 radical (unpaired) electrons. The first-order valence-corrected chi connectivity index (χ1v) is 8.29. The summed E-state index contributed by atoms with van der Waals surface area (Å²) in [7, 11) is 0. The maximum absolute atomic E-state index is 6.13. The van der Waals surface area contributed by atoms with E-state index in [0.29, 0.717) is 6.04 Å². The first-order chi connectivity index (χ1) is 9.72. The van der Waals surface area contributed by atoms with E-state index in [2.05, 4.69) is 27.2 Å². The number of hydrogen-bond donors (Lipinski definition) is 1. The lowest BCUT2D eigenvalue weighted by molar-refractivity contribution is 0.271. The Hall–Kier alpha value is -1.20. The Morgan fingerprint density at radius 3 is 3.00 bits per heavy atom. The normalized spacial score (nSPS) is 29.9. The summed E-state index contributed by atoms with van der Waals surface area (Å²) in [6, 6.07) is 0.408. The van der Waals surface area contributed by atoms with E-state index in [9.17, 15) is 0 Å². The van der Waals surface area contributed by atoms with Crippen LogP contribution in [0.4, 0.5) is 5.82 Å². The Bertz CT molecular complexity index is 638. The molecule has 0 spiro atoms. The molecule has 1 saturated carbocycles. The second-order valence-electron chi connectivity index (χ2n) is 6.29. The SMILES string of the molecule is Cc1csc2c(N3C[C@H]4CCC(N)C[C@H]4C3)ncnc12. The monoisotopic (exact) mass is 288 g/mol. The van der Waals surface area contributed by atoms with Gasteiger partial charge in [0.05, 0.1) is 10.2 Å². The summed E-state index contributed by atoms with van der Waals surface area (Å²) < 4.78 is 1.24. The minimum atomic E-state index is 0.408. The summed E-state index contributed by atoms with van der Waals surface area (Å²) in [6.45, 7) is 4.38. The van der Waals surface area contributed by atoms with Gasteiger partial charge in [-0.15, -0.1) is 11.3 Å². The zero-order valence-electron chi connectivity index (χ0n) is 11.7. The highest BCUT2D eigenvalue weighted by atomic mass is 32.1. The van der Waals surface area contributed by atoms with Crippen molar-refractivity contribution in [2.45, 2.75) is 32.2 Å². The molecule has 0 aromatic carbocycles. The Labute approximate surface area is 123 Å². The van der Waals surface area contributed by atoms with Crippen LogP contribution in [0.15, 0.2) is 11.7 Å². The van der Waals surface area contributed by atoms with Crippen LogP contribution in [0.1, 0.15) is 24.8 Å². The first-order valence-electron chi connectivity index (χ1n) is 7.41. The van der Waals surface area contributed by atoms with E-state index in [-0.39, 0.29) is 0 Å². The fourth-order valence-corrected chi connectivity index (χ4v) is 4.84. The van der Waals surface area contributed by atoms with Crippen LogP contribution < -0.4 is 10.6 Å². The lowest BCUT2D eigenvalue weighted by Gasteiger charge is -2.27. The Kier molecular flexibility index (Phi) is 2.93. The van der Waals surface area contributed by atoms with Crippen molar-refractivity contribution in [3.8, 4) is 0 Å². The van der Waals surface area contributed by atoms with E-state index in [0.717, 1.165) is 36.3 Å². The molecule has 20 heavy (non-hydrogen) atoms. The maximum atomic E-state index is 6.13. The molecule has 5 heteroatoms. The van der Waals surface area contributed by atoms with Crippen LogP contribution >= 0.6 is 11.3 Å². The third kappa shape index (κ3) is 1.91. The topological polar surface area (TPSA) is 55.0 Å². The Morgan fingerprint density at radius 1 is 1.25 bits per heavy atom. The van der Waals surface area contributed by atoms with E-state index in [1.54, 1.807) is 17.7 Å². The van der Waals surface area contributed by atoms with Crippen molar-refractivity contribution >= 4 is 27.4 Å². The smallest absolute Gasteiger partial charge is 0.150 e. The summed E-state index contributed by atoms with van der Waals surface area (Å²) in [5.74, 6) is 2.70. The molecule has 1 aliphatic heterocycles. The minimum absolute atomic E-state index is 0.408. The largest absolute Gasteiger partial charge is 0.355 e. The molecule has 0 bridgehead atoms. The van der Waals surface area contributed by atoms with E-state index in [1.807, 2.05) is 0 Å². The van der Waals surface area contributed by atoms with Gasteiger partial charge in [-0.1, -0.05) is 0 Å². The van der Waals surface area contributed by atoms with Crippen molar-refractivity contribution < 1.29 is 0 Å². The number of thiophene rings is 1. The number of aromatic nitrogens is 2. The van der Waals surface area contributed by atoms with Gasteiger partial charge in [-0.2, -0.15) is 0 Å². The van der Waals surface area contributed by atoms with Crippen molar-refractivity contribution in [1.82, 2.24) is 9.97 Å².